The molecule has 0 bridgehead atoms. The quantitative estimate of drug-likeness (QED) is 0.162. The summed E-state index contributed by atoms with van der Waals surface area (Å²) in [5.41, 5.74) is 14.4. The van der Waals surface area contributed by atoms with Gasteiger partial charge in [0.15, 0.2) is 0 Å². The number of hydrogen-bond donors (Lipinski definition) is 0. The van der Waals surface area contributed by atoms with Crippen molar-refractivity contribution in [2.24, 2.45) is 0 Å². The van der Waals surface area contributed by atoms with Crippen molar-refractivity contribution in [1.29, 1.82) is 0 Å². The Morgan fingerprint density at radius 3 is 1.63 bits per heavy atom. The SMILES string of the molecule is c1ccc(-c2ccccc2-c2ccc(N(c3ccc(-c4cccc5c4oc4ccccc45)c(-c4ccccc4)c3)c3ccc4sc5ccccc5c4c3)cc2)cc1. The number of fused-ring (bicyclic) bond motifs is 6. The number of benzene rings is 9. The molecule has 0 atom stereocenters. The highest BCUT2D eigenvalue weighted by molar-refractivity contribution is 7.25. The summed E-state index contributed by atoms with van der Waals surface area (Å²) < 4.78 is 9.17. The van der Waals surface area contributed by atoms with Crippen molar-refractivity contribution in [1.82, 2.24) is 0 Å². The molecule has 0 saturated heterocycles. The summed E-state index contributed by atoms with van der Waals surface area (Å²) in [7, 11) is 0. The van der Waals surface area contributed by atoms with Gasteiger partial charge in [-0.1, -0.05) is 158 Å². The Morgan fingerprint density at radius 1 is 0.316 bits per heavy atom. The number of para-hydroxylation sites is 2. The van der Waals surface area contributed by atoms with Crippen molar-refractivity contribution in [3.63, 3.8) is 0 Å². The molecule has 0 N–H and O–H groups in total. The fourth-order valence-corrected chi connectivity index (χ4v) is 9.50. The van der Waals surface area contributed by atoms with Crippen LogP contribution in [0.15, 0.2) is 217 Å². The van der Waals surface area contributed by atoms with Crippen LogP contribution in [0.3, 0.4) is 0 Å². The van der Waals surface area contributed by atoms with Crippen LogP contribution in [0.1, 0.15) is 0 Å². The predicted octanol–water partition coefficient (Wildman–Crippen LogP) is 16.1. The zero-order valence-corrected chi connectivity index (χ0v) is 31.8. The second kappa shape index (κ2) is 13.8. The summed E-state index contributed by atoms with van der Waals surface area (Å²) in [6.07, 6.45) is 0. The van der Waals surface area contributed by atoms with Crippen LogP contribution in [0.2, 0.25) is 0 Å². The van der Waals surface area contributed by atoms with Gasteiger partial charge in [0.2, 0.25) is 0 Å². The first-order valence-corrected chi connectivity index (χ1v) is 20.1. The van der Waals surface area contributed by atoms with Gasteiger partial charge in [-0.15, -0.1) is 11.3 Å². The van der Waals surface area contributed by atoms with Crippen LogP contribution in [0.25, 0.3) is 86.6 Å². The molecular formula is C54H35NOS. The average Bonchev–Trinajstić information content (AvgIpc) is 3.86. The highest BCUT2D eigenvalue weighted by Crippen LogP contribution is 2.46. The van der Waals surface area contributed by atoms with E-state index < -0.39 is 0 Å². The minimum absolute atomic E-state index is 0.898. The lowest BCUT2D eigenvalue weighted by atomic mass is 9.92. The van der Waals surface area contributed by atoms with Gasteiger partial charge in [0.05, 0.1) is 0 Å². The molecule has 0 aliphatic carbocycles. The third-order valence-electron chi connectivity index (χ3n) is 11.1. The summed E-state index contributed by atoms with van der Waals surface area (Å²) in [4.78, 5) is 2.40. The Morgan fingerprint density at radius 2 is 0.860 bits per heavy atom. The van der Waals surface area contributed by atoms with Gasteiger partial charge in [-0.25, -0.2) is 0 Å². The molecule has 2 nitrogen and oxygen atoms in total. The second-order valence-electron chi connectivity index (χ2n) is 14.4. The smallest absolute Gasteiger partial charge is 0.143 e. The van der Waals surface area contributed by atoms with E-state index in [1.807, 2.05) is 17.4 Å². The molecule has 0 spiro atoms. The van der Waals surface area contributed by atoms with E-state index in [2.05, 4.69) is 211 Å². The van der Waals surface area contributed by atoms with Gasteiger partial charge >= 0.3 is 0 Å². The highest BCUT2D eigenvalue weighted by atomic mass is 32.1. The van der Waals surface area contributed by atoms with E-state index in [-0.39, 0.29) is 0 Å². The lowest BCUT2D eigenvalue weighted by molar-refractivity contribution is 0.670. The van der Waals surface area contributed by atoms with Crippen LogP contribution in [0.5, 0.6) is 0 Å². The van der Waals surface area contributed by atoms with E-state index in [0.717, 1.165) is 61.3 Å². The molecule has 0 aliphatic heterocycles. The van der Waals surface area contributed by atoms with Gasteiger partial charge in [0.25, 0.3) is 0 Å². The normalized spacial score (nSPS) is 11.5. The third-order valence-corrected chi connectivity index (χ3v) is 12.3. The molecule has 0 saturated carbocycles. The van der Waals surface area contributed by atoms with Crippen LogP contribution in [0.4, 0.5) is 17.1 Å². The Balaban J connectivity index is 1.11. The monoisotopic (exact) mass is 745 g/mol. The van der Waals surface area contributed by atoms with Crippen LogP contribution in [0, 0.1) is 0 Å². The van der Waals surface area contributed by atoms with E-state index in [4.69, 9.17) is 4.42 Å². The first-order valence-electron chi connectivity index (χ1n) is 19.3. The number of thiophene rings is 1. The Bertz CT molecular complexity index is 3230. The standard InChI is InChI=1S/C54H35NOS/c1-3-14-36(15-4-1)42-18-7-8-19-43(42)38-26-28-39(29-27-38)55(41-31-33-53-50(35-41)46-21-10-12-25-52(46)57-53)40-30-32-44(49(34-40)37-16-5-2-6-17-37)47-22-13-23-48-45-20-9-11-24-51(45)56-54(47)48/h1-35H. The first kappa shape index (κ1) is 33.2. The molecule has 0 amide bonds. The summed E-state index contributed by atoms with van der Waals surface area (Å²) in [5, 5.41) is 4.80. The molecule has 2 heterocycles. The van der Waals surface area contributed by atoms with Gasteiger partial charge in [0.1, 0.15) is 11.2 Å². The van der Waals surface area contributed by atoms with Gasteiger partial charge in [0, 0.05) is 53.6 Å². The third kappa shape index (κ3) is 5.80. The molecule has 11 rings (SSSR count). The molecular weight excluding hydrogens is 711 g/mol. The summed E-state index contributed by atoms with van der Waals surface area (Å²) in [6.45, 7) is 0. The van der Waals surface area contributed by atoms with E-state index in [9.17, 15) is 0 Å². The maximum Gasteiger partial charge on any atom is 0.143 e. The number of hydrogen-bond acceptors (Lipinski definition) is 3. The first-order chi connectivity index (χ1) is 28.3. The maximum atomic E-state index is 6.59. The highest BCUT2D eigenvalue weighted by Gasteiger charge is 2.20. The number of nitrogens with zero attached hydrogens (tertiary/aromatic N) is 1. The lowest BCUT2D eigenvalue weighted by Crippen LogP contribution is -2.10. The van der Waals surface area contributed by atoms with Crippen molar-refractivity contribution >= 4 is 70.5 Å². The van der Waals surface area contributed by atoms with Crippen LogP contribution < -0.4 is 4.90 Å². The van der Waals surface area contributed by atoms with E-state index in [1.54, 1.807) is 0 Å². The molecule has 57 heavy (non-hydrogen) atoms. The summed E-state index contributed by atoms with van der Waals surface area (Å²) in [5.74, 6) is 0. The lowest BCUT2D eigenvalue weighted by Gasteiger charge is -2.27. The zero-order chi connectivity index (χ0) is 37.7. The molecule has 0 unspecified atom stereocenters. The number of rotatable bonds is 7. The van der Waals surface area contributed by atoms with Crippen LogP contribution in [-0.4, -0.2) is 0 Å². The summed E-state index contributed by atoms with van der Waals surface area (Å²) in [6, 6.07) is 76.4. The maximum absolute atomic E-state index is 6.59. The van der Waals surface area contributed by atoms with Crippen LogP contribution >= 0.6 is 11.3 Å². The molecule has 268 valence electrons. The number of furan rings is 1. The van der Waals surface area contributed by atoms with E-state index in [0.29, 0.717) is 0 Å². The number of anilines is 3. The summed E-state index contributed by atoms with van der Waals surface area (Å²) >= 11 is 1.85. The van der Waals surface area contributed by atoms with Crippen molar-refractivity contribution in [2.75, 3.05) is 4.90 Å². The molecule has 2 aromatic heterocycles. The molecule has 11 aromatic rings. The molecule has 0 fully saturated rings. The van der Waals surface area contributed by atoms with Gasteiger partial charge in [-0.3, -0.25) is 0 Å². The van der Waals surface area contributed by atoms with Gasteiger partial charge < -0.3 is 9.32 Å². The second-order valence-corrected chi connectivity index (χ2v) is 15.5. The van der Waals surface area contributed by atoms with Gasteiger partial charge in [-0.05, 0) is 93.5 Å². The largest absolute Gasteiger partial charge is 0.455 e. The van der Waals surface area contributed by atoms with Crippen molar-refractivity contribution < 1.29 is 4.42 Å². The van der Waals surface area contributed by atoms with Crippen molar-refractivity contribution in [2.45, 2.75) is 0 Å². The minimum atomic E-state index is 0.898. The van der Waals surface area contributed by atoms with Crippen LogP contribution in [-0.2, 0) is 0 Å². The van der Waals surface area contributed by atoms with E-state index >= 15 is 0 Å². The molecule has 0 aliphatic rings. The molecule has 3 heteroatoms. The zero-order valence-electron chi connectivity index (χ0n) is 31.0. The van der Waals surface area contributed by atoms with Crippen molar-refractivity contribution in [3.8, 4) is 44.5 Å². The minimum Gasteiger partial charge on any atom is -0.455 e. The fraction of sp³-hybridized carbons (Fsp3) is 0. The topological polar surface area (TPSA) is 16.4 Å². The van der Waals surface area contributed by atoms with Gasteiger partial charge in [-0.2, -0.15) is 0 Å². The molecule has 9 aromatic carbocycles. The molecule has 0 radical (unpaired) electrons. The van der Waals surface area contributed by atoms with Crippen molar-refractivity contribution in [3.05, 3.63) is 212 Å². The van der Waals surface area contributed by atoms with E-state index in [1.165, 1.54) is 42.4 Å². The predicted molar refractivity (Wildman–Crippen MR) is 243 cm³/mol. The fourth-order valence-electron chi connectivity index (χ4n) is 8.42. The Hall–Kier alpha value is -7.20. The average molecular weight is 746 g/mol. The Labute approximate surface area is 335 Å². The Kier molecular flexibility index (Phi) is 8.04.